The van der Waals surface area contributed by atoms with E-state index in [-0.39, 0.29) is 12.4 Å². The van der Waals surface area contributed by atoms with Crippen molar-refractivity contribution in [3.63, 3.8) is 0 Å². The zero-order valence-corrected chi connectivity index (χ0v) is 9.61. The fourth-order valence-electron chi connectivity index (χ4n) is 2.11. The number of para-hydroxylation sites is 1. The van der Waals surface area contributed by atoms with Crippen LogP contribution >= 0.6 is 0 Å². The van der Waals surface area contributed by atoms with Gasteiger partial charge in [0.05, 0.1) is 11.1 Å². The number of hydrogen-bond acceptors (Lipinski definition) is 4. The van der Waals surface area contributed by atoms with E-state index in [2.05, 4.69) is 5.16 Å². The van der Waals surface area contributed by atoms with Crippen molar-refractivity contribution in [1.82, 2.24) is 5.16 Å². The standard InChI is InChI=1S/C13H11NO3/c1-7-4-3-5-9-12(15)11-8(2)17-14-10(11)6-16-13(7)9/h3-5H,6H2,1-2H3. The lowest BCUT2D eigenvalue weighted by molar-refractivity contribution is 0.103. The molecule has 0 amide bonds. The minimum atomic E-state index is -0.0741. The van der Waals surface area contributed by atoms with Gasteiger partial charge >= 0.3 is 0 Å². The van der Waals surface area contributed by atoms with E-state index in [0.717, 1.165) is 5.56 Å². The van der Waals surface area contributed by atoms with Gasteiger partial charge in [-0.25, -0.2) is 0 Å². The van der Waals surface area contributed by atoms with E-state index < -0.39 is 0 Å². The summed E-state index contributed by atoms with van der Waals surface area (Å²) in [7, 11) is 0. The Morgan fingerprint density at radius 2 is 2.12 bits per heavy atom. The summed E-state index contributed by atoms with van der Waals surface area (Å²) in [6.07, 6.45) is 0. The third-order valence-electron chi connectivity index (χ3n) is 2.97. The first-order chi connectivity index (χ1) is 8.18. The molecule has 1 aliphatic heterocycles. The molecule has 0 aliphatic carbocycles. The van der Waals surface area contributed by atoms with Crippen LogP contribution in [0.2, 0.25) is 0 Å². The molecule has 0 saturated carbocycles. The predicted octanol–water partition coefficient (Wildman–Crippen LogP) is 2.41. The van der Waals surface area contributed by atoms with Crippen LogP contribution in [0.15, 0.2) is 22.7 Å². The highest BCUT2D eigenvalue weighted by Gasteiger charge is 2.28. The van der Waals surface area contributed by atoms with Crippen LogP contribution < -0.4 is 4.74 Å². The van der Waals surface area contributed by atoms with E-state index in [1.54, 1.807) is 13.0 Å². The molecule has 0 bridgehead atoms. The number of fused-ring (bicyclic) bond motifs is 2. The summed E-state index contributed by atoms with van der Waals surface area (Å²) in [5, 5.41) is 3.86. The summed E-state index contributed by atoms with van der Waals surface area (Å²) in [6, 6.07) is 5.54. The molecule has 4 nitrogen and oxygen atoms in total. The Morgan fingerprint density at radius 1 is 1.29 bits per heavy atom. The van der Waals surface area contributed by atoms with Crippen LogP contribution in [0, 0.1) is 13.8 Å². The number of ether oxygens (including phenoxy) is 1. The van der Waals surface area contributed by atoms with Crippen molar-refractivity contribution in [2.24, 2.45) is 0 Å². The van der Waals surface area contributed by atoms with E-state index in [0.29, 0.717) is 28.3 Å². The fourth-order valence-corrected chi connectivity index (χ4v) is 2.11. The molecule has 0 unspecified atom stereocenters. The average Bonchev–Trinajstić information content (AvgIpc) is 2.60. The molecule has 1 aliphatic rings. The van der Waals surface area contributed by atoms with Crippen molar-refractivity contribution in [3.05, 3.63) is 46.3 Å². The maximum Gasteiger partial charge on any atom is 0.202 e. The molecule has 3 rings (SSSR count). The monoisotopic (exact) mass is 229 g/mol. The quantitative estimate of drug-likeness (QED) is 0.696. The number of aromatic nitrogens is 1. The Hall–Kier alpha value is -2.10. The number of benzene rings is 1. The van der Waals surface area contributed by atoms with Crippen molar-refractivity contribution in [3.8, 4) is 5.75 Å². The molecule has 1 aromatic carbocycles. The van der Waals surface area contributed by atoms with Crippen LogP contribution in [-0.2, 0) is 6.61 Å². The number of rotatable bonds is 0. The van der Waals surface area contributed by atoms with Crippen molar-refractivity contribution in [2.45, 2.75) is 20.5 Å². The zero-order valence-electron chi connectivity index (χ0n) is 9.61. The molecule has 0 radical (unpaired) electrons. The first-order valence-corrected chi connectivity index (χ1v) is 5.40. The van der Waals surface area contributed by atoms with Gasteiger partial charge in [0.25, 0.3) is 0 Å². The maximum absolute atomic E-state index is 12.4. The van der Waals surface area contributed by atoms with E-state index >= 15 is 0 Å². The molecule has 0 saturated heterocycles. The van der Waals surface area contributed by atoms with Gasteiger partial charge in [-0.3, -0.25) is 4.79 Å². The smallest absolute Gasteiger partial charge is 0.202 e. The number of carbonyl (C=O) groups is 1. The van der Waals surface area contributed by atoms with Gasteiger partial charge in [0.1, 0.15) is 23.8 Å². The highest BCUT2D eigenvalue weighted by molar-refractivity contribution is 6.12. The Kier molecular flexibility index (Phi) is 2.04. The Balaban J connectivity index is 2.26. The lowest BCUT2D eigenvalue weighted by atomic mass is 10.0. The van der Waals surface area contributed by atoms with E-state index in [1.165, 1.54) is 0 Å². The van der Waals surface area contributed by atoms with E-state index in [4.69, 9.17) is 9.26 Å². The first kappa shape index (κ1) is 10.1. The molecule has 0 spiro atoms. The lowest BCUT2D eigenvalue weighted by Gasteiger charge is -2.08. The van der Waals surface area contributed by atoms with Crippen LogP contribution in [0.3, 0.4) is 0 Å². The largest absolute Gasteiger partial charge is 0.486 e. The van der Waals surface area contributed by atoms with Crippen LogP contribution in [0.1, 0.15) is 32.9 Å². The van der Waals surface area contributed by atoms with Crippen LogP contribution in [0.5, 0.6) is 5.75 Å². The van der Waals surface area contributed by atoms with Crippen molar-refractivity contribution in [2.75, 3.05) is 0 Å². The summed E-state index contributed by atoms with van der Waals surface area (Å²) >= 11 is 0. The molecule has 86 valence electrons. The molecule has 2 aromatic rings. The van der Waals surface area contributed by atoms with Crippen molar-refractivity contribution in [1.29, 1.82) is 0 Å². The van der Waals surface area contributed by atoms with Crippen molar-refractivity contribution >= 4 is 5.78 Å². The summed E-state index contributed by atoms with van der Waals surface area (Å²) in [6.45, 7) is 3.94. The van der Waals surface area contributed by atoms with Crippen LogP contribution in [0.25, 0.3) is 0 Å². The van der Waals surface area contributed by atoms with Gasteiger partial charge in [-0.2, -0.15) is 0 Å². The number of carbonyl (C=O) groups excluding carboxylic acids is 1. The maximum atomic E-state index is 12.4. The summed E-state index contributed by atoms with van der Waals surface area (Å²) in [5.41, 5.74) is 2.64. The van der Waals surface area contributed by atoms with Gasteiger partial charge in [-0.1, -0.05) is 17.3 Å². The van der Waals surface area contributed by atoms with Crippen molar-refractivity contribution < 1.29 is 14.1 Å². The fraction of sp³-hybridized carbons (Fsp3) is 0.231. The molecule has 4 heteroatoms. The van der Waals surface area contributed by atoms with Crippen LogP contribution in [-0.4, -0.2) is 10.9 Å². The molecule has 17 heavy (non-hydrogen) atoms. The number of ketones is 1. The topological polar surface area (TPSA) is 52.3 Å². The SMILES string of the molecule is Cc1cccc2c1OCc1noc(C)c1C2=O. The van der Waals surface area contributed by atoms with E-state index in [1.807, 2.05) is 19.1 Å². The van der Waals surface area contributed by atoms with Gasteiger partial charge in [-0.05, 0) is 25.5 Å². The molecule has 0 N–H and O–H groups in total. The second kappa shape index (κ2) is 3.45. The third-order valence-corrected chi connectivity index (χ3v) is 2.97. The third kappa shape index (κ3) is 1.37. The number of nitrogens with zero attached hydrogens (tertiary/aromatic N) is 1. The number of aryl methyl sites for hydroxylation is 2. The Labute approximate surface area is 98.2 Å². The minimum absolute atomic E-state index is 0.0741. The van der Waals surface area contributed by atoms with Gasteiger partial charge in [0.2, 0.25) is 5.78 Å². The Morgan fingerprint density at radius 3 is 2.94 bits per heavy atom. The first-order valence-electron chi connectivity index (χ1n) is 5.40. The minimum Gasteiger partial charge on any atom is -0.486 e. The second-order valence-electron chi connectivity index (χ2n) is 4.13. The normalized spacial score (nSPS) is 13.6. The summed E-state index contributed by atoms with van der Waals surface area (Å²) in [4.78, 5) is 12.4. The molecule has 1 aromatic heterocycles. The zero-order chi connectivity index (χ0) is 12.0. The molecular formula is C13H11NO3. The second-order valence-corrected chi connectivity index (χ2v) is 4.13. The van der Waals surface area contributed by atoms with Gasteiger partial charge in [0.15, 0.2) is 0 Å². The molecular weight excluding hydrogens is 218 g/mol. The number of hydrogen-bond donors (Lipinski definition) is 0. The van der Waals surface area contributed by atoms with E-state index in [9.17, 15) is 4.79 Å². The Bertz CT molecular complexity index is 613. The molecule has 2 heterocycles. The molecule has 0 atom stereocenters. The highest BCUT2D eigenvalue weighted by Crippen LogP contribution is 2.31. The average molecular weight is 229 g/mol. The summed E-state index contributed by atoms with van der Waals surface area (Å²) < 4.78 is 10.7. The highest BCUT2D eigenvalue weighted by atomic mass is 16.5. The van der Waals surface area contributed by atoms with Gasteiger partial charge < -0.3 is 9.26 Å². The lowest BCUT2D eigenvalue weighted by Crippen LogP contribution is -2.03. The predicted molar refractivity (Wildman–Crippen MR) is 60.2 cm³/mol. The molecule has 0 fully saturated rings. The van der Waals surface area contributed by atoms with Crippen LogP contribution in [0.4, 0.5) is 0 Å². The summed E-state index contributed by atoms with van der Waals surface area (Å²) in [5.74, 6) is 1.12. The van der Waals surface area contributed by atoms with Gasteiger partial charge in [-0.15, -0.1) is 0 Å². The van der Waals surface area contributed by atoms with Gasteiger partial charge in [0, 0.05) is 0 Å².